The number of hydrogen-bond donors (Lipinski definition) is 1. The Bertz CT molecular complexity index is 183. The van der Waals surface area contributed by atoms with Crippen LogP contribution in [0.4, 0.5) is 4.79 Å². The fourth-order valence-corrected chi connectivity index (χ4v) is 1.73. The zero-order chi connectivity index (χ0) is 8.27. The zero-order valence-electron chi connectivity index (χ0n) is 6.08. The van der Waals surface area contributed by atoms with Crippen LogP contribution in [-0.2, 0) is 4.79 Å². The van der Waals surface area contributed by atoms with Crippen LogP contribution >= 0.6 is 11.8 Å². The predicted molar refractivity (Wildman–Crippen MR) is 43.2 cm³/mol. The predicted octanol–water partition coefficient (Wildman–Crippen LogP) is 0.0306. The van der Waals surface area contributed by atoms with E-state index in [-0.39, 0.29) is 17.6 Å². The molecule has 0 unspecified atom stereocenters. The Hall–Kier alpha value is -0.710. The molecule has 0 atom stereocenters. The summed E-state index contributed by atoms with van der Waals surface area (Å²) in [6.07, 6.45) is 0.270. The van der Waals surface area contributed by atoms with Gasteiger partial charge in [-0.3, -0.25) is 9.59 Å². The molecule has 0 bridgehead atoms. The summed E-state index contributed by atoms with van der Waals surface area (Å²) in [4.78, 5) is 22.9. The number of thioether (sulfide) groups is 1. The average Bonchev–Trinajstić information content (AvgIpc) is 2.31. The molecule has 1 heterocycles. The quantitative estimate of drug-likeness (QED) is 0.656. The largest absolute Gasteiger partial charge is 0.370 e. The highest BCUT2D eigenvalue weighted by molar-refractivity contribution is 8.13. The van der Waals surface area contributed by atoms with Gasteiger partial charge in [0.15, 0.2) is 0 Å². The Morgan fingerprint density at radius 3 is 2.91 bits per heavy atom. The molecule has 1 fully saturated rings. The van der Waals surface area contributed by atoms with Crippen LogP contribution in [0.1, 0.15) is 6.42 Å². The minimum atomic E-state index is -0.352. The smallest absolute Gasteiger partial charge is 0.281 e. The first-order valence-corrected chi connectivity index (χ1v) is 4.38. The third kappa shape index (κ3) is 2.42. The van der Waals surface area contributed by atoms with Crippen LogP contribution in [0.25, 0.3) is 0 Å². The van der Waals surface area contributed by atoms with Crippen molar-refractivity contribution in [1.29, 1.82) is 0 Å². The van der Waals surface area contributed by atoms with Gasteiger partial charge in [-0.1, -0.05) is 11.8 Å². The maximum atomic E-state index is 10.9. The second kappa shape index (κ2) is 3.61. The van der Waals surface area contributed by atoms with Crippen LogP contribution in [0.15, 0.2) is 0 Å². The minimum absolute atomic E-state index is 0.0613. The van der Waals surface area contributed by atoms with Crippen molar-refractivity contribution in [3.8, 4) is 0 Å². The van der Waals surface area contributed by atoms with Crippen molar-refractivity contribution in [1.82, 2.24) is 4.90 Å². The highest BCUT2D eigenvalue weighted by Crippen LogP contribution is 2.16. The summed E-state index contributed by atoms with van der Waals surface area (Å²) in [5, 5.41) is 0.0613. The molecule has 1 saturated heterocycles. The first kappa shape index (κ1) is 8.39. The van der Waals surface area contributed by atoms with Crippen molar-refractivity contribution in [3.05, 3.63) is 0 Å². The van der Waals surface area contributed by atoms with Gasteiger partial charge in [0.1, 0.15) is 0 Å². The molecule has 0 radical (unpaired) electrons. The normalized spacial score (nSPS) is 17.5. The number of amides is 2. The lowest BCUT2D eigenvalue weighted by Crippen LogP contribution is -2.27. The van der Waals surface area contributed by atoms with Crippen LogP contribution in [0.2, 0.25) is 0 Å². The molecule has 2 N–H and O–H groups in total. The molecule has 1 rings (SSSR count). The van der Waals surface area contributed by atoms with Gasteiger partial charge in [-0.25, -0.2) is 0 Å². The topological polar surface area (TPSA) is 63.4 Å². The summed E-state index contributed by atoms with van der Waals surface area (Å²) < 4.78 is 0. The number of carbonyl (C=O) groups is 2. The summed E-state index contributed by atoms with van der Waals surface area (Å²) in [5.41, 5.74) is 4.93. The van der Waals surface area contributed by atoms with Crippen molar-refractivity contribution in [2.45, 2.75) is 6.42 Å². The Balaban J connectivity index is 2.26. The molecule has 0 aromatic carbocycles. The molecular formula is C6H10N2O2S. The van der Waals surface area contributed by atoms with Gasteiger partial charge in [-0.2, -0.15) is 0 Å². The van der Waals surface area contributed by atoms with Crippen molar-refractivity contribution in [3.63, 3.8) is 0 Å². The third-order valence-corrected chi connectivity index (χ3v) is 2.36. The van der Waals surface area contributed by atoms with Gasteiger partial charge in [-0.15, -0.1) is 0 Å². The van der Waals surface area contributed by atoms with Gasteiger partial charge in [0, 0.05) is 25.3 Å². The van der Waals surface area contributed by atoms with E-state index in [2.05, 4.69) is 0 Å². The fourth-order valence-electron chi connectivity index (χ4n) is 0.874. The number of carbonyl (C=O) groups excluding carboxylic acids is 2. The molecule has 1 aliphatic heterocycles. The van der Waals surface area contributed by atoms with Crippen molar-refractivity contribution in [2.24, 2.45) is 5.73 Å². The number of primary amides is 1. The summed E-state index contributed by atoms with van der Waals surface area (Å²) in [5.74, 6) is 0.479. The second-order valence-electron chi connectivity index (χ2n) is 2.32. The Labute approximate surface area is 69.1 Å². The van der Waals surface area contributed by atoms with Crippen molar-refractivity contribution < 1.29 is 9.59 Å². The maximum Gasteiger partial charge on any atom is 0.281 e. The van der Waals surface area contributed by atoms with Gasteiger partial charge < -0.3 is 10.6 Å². The molecule has 4 nitrogen and oxygen atoms in total. The van der Waals surface area contributed by atoms with E-state index in [4.69, 9.17) is 5.73 Å². The zero-order valence-corrected chi connectivity index (χ0v) is 6.89. The molecule has 0 aromatic rings. The highest BCUT2D eigenvalue weighted by atomic mass is 32.2. The minimum Gasteiger partial charge on any atom is -0.370 e. The highest BCUT2D eigenvalue weighted by Gasteiger charge is 2.20. The summed E-state index contributed by atoms with van der Waals surface area (Å²) in [6, 6.07) is 0. The summed E-state index contributed by atoms with van der Waals surface area (Å²) in [6.45, 7) is 1.22. The number of rotatable bonds is 3. The number of nitrogens with two attached hydrogens (primary N) is 1. The molecule has 1 aliphatic rings. The molecule has 2 amide bonds. The summed E-state index contributed by atoms with van der Waals surface area (Å²) >= 11 is 1.29. The molecule has 5 heteroatoms. The average molecular weight is 174 g/mol. The van der Waals surface area contributed by atoms with Crippen molar-refractivity contribution >= 4 is 22.9 Å². The van der Waals surface area contributed by atoms with Gasteiger partial charge in [0.25, 0.3) is 5.24 Å². The molecule has 0 spiro atoms. The molecule has 0 saturated carbocycles. The first-order valence-electron chi connectivity index (χ1n) is 3.40. The lowest BCUT2D eigenvalue weighted by molar-refractivity contribution is -0.118. The Kier molecular flexibility index (Phi) is 2.76. The molecule has 0 aliphatic carbocycles. The van der Waals surface area contributed by atoms with Crippen LogP contribution in [0.5, 0.6) is 0 Å². The number of hydrogen-bond acceptors (Lipinski definition) is 3. The van der Waals surface area contributed by atoms with Crippen LogP contribution in [-0.4, -0.2) is 34.9 Å². The summed E-state index contributed by atoms with van der Waals surface area (Å²) in [7, 11) is 0. The molecular weight excluding hydrogens is 164 g/mol. The molecule has 11 heavy (non-hydrogen) atoms. The van der Waals surface area contributed by atoms with Gasteiger partial charge >= 0.3 is 0 Å². The standard InChI is InChI=1S/C6H10N2O2S/c7-5(9)1-2-8-3-4-11-6(8)10/h1-4H2,(H2,7,9). The molecule has 62 valence electrons. The van der Waals surface area contributed by atoms with E-state index < -0.39 is 0 Å². The van der Waals surface area contributed by atoms with E-state index in [0.29, 0.717) is 6.54 Å². The fraction of sp³-hybridized carbons (Fsp3) is 0.667. The lowest BCUT2D eigenvalue weighted by Gasteiger charge is -2.11. The van der Waals surface area contributed by atoms with Gasteiger partial charge in [0.2, 0.25) is 5.91 Å². The third-order valence-electron chi connectivity index (χ3n) is 1.47. The van der Waals surface area contributed by atoms with E-state index in [0.717, 1.165) is 12.3 Å². The lowest BCUT2D eigenvalue weighted by atomic mass is 10.4. The molecule has 0 aromatic heterocycles. The first-order chi connectivity index (χ1) is 5.20. The maximum absolute atomic E-state index is 10.9. The SMILES string of the molecule is NC(=O)CCN1CCSC1=O. The van der Waals surface area contributed by atoms with Crippen molar-refractivity contribution in [2.75, 3.05) is 18.8 Å². The Morgan fingerprint density at radius 1 is 1.73 bits per heavy atom. The van der Waals surface area contributed by atoms with Crippen LogP contribution in [0, 0.1) is 0 Å². The van der Waals surface area contributed by atoms with E-state index in [1.54, 1.807) is 4.90 Å². The van der Waals surface area contributed by atoms with E-state index in [9.17, 15) is 9.59 Å². The monoisotopic (exact) mass is 174 g/mol. The van der Waals surface area contributed by atoms with Gasteiger partial charge in [0.05, 0.1) is 0 Å². The van der Waals surface area contributed by atoms with Crippen LogP contribution < -0.4 is 5.73 Å². The number of nitrogens with zero attached hydrogens (tertiary/aromatic N) is 1. The van der Waals surface area contributed by atoms with E-state index in [1.165, 1.54) is 11.8 Å². The van der Waals surface area contributed by atoms with Gasteiger partial charge in [-0.05, 0) is 0 Å². The van der Waals surface area contributed by atoms with E-state index >= 15 is 0 Å². The van der Waals surface area contributed by atoms with Crippen LogP contribution in [0.3, 0.4) is 0 Å². The van der Waals surface area contributed by atoms with E-state index in [1.807, 2.05) is 0 Å². The Morgan fingerprint density at radius 2 is 2.45 bits per heavy atom. The second-order valence-corrected chi connectivity index (χ2v) is 3.36.